The van der Waals surface area contributed by atoms with E-state index in [2.05, 4.69) is 37.1 Å². The molecular weight excluding hydrogens is 478 g/mol. The van der Waals surface area contributed by atoms with E-state index in [1.54, 1.807) is 18.7 Å². The Morgan fingerprint density at radius 1 is 1.14 bits per heavy atom. The van der Waals surface area contributed by atoms with Crippen LogP contribution in [0.25, 0.3) is 11.0 Å². The van der Waals surface area contributed by atoms with E-state index in [4.69, 9.17) is 0 Å². The van der Waals surface area contributed by atoms with Crippen molar-refractivity contribution in [3.05, 3.63) is 65.9 Å². The second-order valence-electron chi connectivity index (χ2n) is 9.42. The van der Waals surface area contributed by atoms with Gasteiger partial charge in [-0.05, 0) is 42.5 Å². The van der Waals surface area contributed by atoms with Crippen molar-refractivity contribution in [2.75, 3.05) is 37.4 Å². The molecule has 1 fully saturated rings. The van der Waals surface area contributed by atoms with E-state index in [1.807, 2.05) is 12.4 Å². The quantitative estimate of drug-likeness (QED) is 0.405. The molecule has 1 atom stereocenters. The lowest BCUT2D eigenvalue weighted by Gasteiger charge is -2.17. The van der Waals surface area contributed by atoms with Crippen LogP contribution in [0.15, 0.2) is 43.1 Å². The van der Waals surface area contributed by atoms with Crippen molar-refractivity contribution in [1.29, 1.82) is 0 Å². The Balaban J connectivity index is 1.34. The van der Waals surface area contributed by atoms with Gasteiger partial charge < -0.3 is 19.7 Å². The third-order valence-corrected chi connectivity index (χ3v) is 6.61. The first-order valence-electron chi connectivity index (χ1n) is 12.2. The molecule has 0 saturated carbocycles. The number of fused-ring (bicyclic) bond motifs is 1. The summed E-state index contributed by atoms with van der Waals surface area (Å²) in [6.45, 7) is 4.21. The molecule has 1 N–H and O–H groups in total. The van der Waals surface area contributed by atoms with E-state index in [1.165, 1.54) is 29.6 Å². The highest BCUT2D eigenvalue weighted by atomic mass is 19.1. The van der Waals surface area contributed by atoms with Crippen molar-refractivity contribution in [3.8, 4) is 0 Å². The number of carbonyl (C=O) groups is 1. The molecule has 192 valence electrons. The first-order chi connectivity index (χ1) is 17.8. The fourth-order valence-corrected chi connectivity index (χ4v) is 4.58. The van der Waals surface area contributed by atoms with Crippen LogP contribution in [0.1, 0.15) is 29.3 Å². The summed E-state index contributed by atoms with van der Waals surface area (Å²) >= 11 is 0. The number of rotatable bonds is 7. The number of hydrogen-bond acceptors (Lipinski definition) is 7. The summed E-state index contributed by atoms with van der Waals surface area (Å²) in [4.78, 5) is 33.0. The molecule has 1 amide bonds. The van der Waals surface area contributed by atoms with Gasteiger partial charge in [0.1, 0.15) is 23.6 Å². The zero-order valence-corrected chi connectivity index (χ0v) is 20.9. The lowest BCUT2D eigenvalue weighted by molar-refractivity contribution is 0.0827. The second kappa shape index (κ2) is 10.1. The maximum Gasteiger partial charge on any atom is 0.253 e. The van der Waals surface area contributed by atoms with Gasteiger partial charge in [0.2, 0.25) is 5.95 Å². The van der Waals surface area contributed by atoms with Crippen molar-refractivity contribution in [2.45, 2.75) is 26.3 Å². The van der Waals surface area contributed by atoms with Gasteiger partial charge in [-0.2, -0.15) is 0 Å². The van der Waals surface area contributed by atoms with Crippen LogP contribution < -0.4 is 10.2 Å². The number of aromatic nitrogens is 5. The third-order valence-electron chi connectivity index (χ3n) is 6.61. The Morgan fingerprint density at radius 2 is 1.92 bits per heavy atom. The van der Waals surface area contributed by atoms with Gasteiger partial charge in [-0.25, -0.2) is 28.7 Å². The van der Waals surface area contributed by atoms with Gasteiger partial charge in [-0.1, -0.05) is 6.92 Å². The topological polar surface area (TPSA) is 92.1 Å². The highest BCUT2D eigenvalue weighted by Crippen LogP contribution is 2.30. The molecule has 0 spiro atoms. The first kappa shape index (κ1) is 24.5. The lowest BCUT2D eigenvalue weighted by Crippen LogP contribution is -2.23. The molecule has 1 aliphatic heterocycles. The largest absolute Gasteiger partial charge is 0.345 e. The lowest BCUT2D eigenvalue weighted by atomic mass is 10.1. The Bertz CT molecular complexity index is 1440. The SMILES string of the molecule is CCc1cnc(N2CC[C@H](Cn3cc(F)c4c(Nc5ccc(C(=O)N(C)C)cc5F)ncnc43)C2)nc1. The molecule has 0 aliphatic carbocycles. The fraction of sp³-hybridized carbons (Fsp3) is 0.346. The summed E-state index contributed by atoms with van der Waals surface area (Å²) in [6.07, 6.45) is 8.25. The number of hydrogen-bond donors (Lipinski definition) is 1. The number of benzene rings is 1. The van der Waals surface area contributed by atoms with E-state index in [9.17, 15) is 9.18 Å². The van der Waals surface area contributed by atoms with Crippen LogP contribution in [0.3, 0.4) is 0 Å². The summed E-state index contributed by atoms with van der Waals surface area (Å²) in [5, 5.41) is 3.05. The molecule has 1 aromatic carbocycles. The van der Waals surface area contributed by atoms with Crippen LogP contribution >= 0.6 is 0 Å². The Kier molecular flexibility index (Phi) is 6.68. The average Bonchev–Trinajstić information content (AvgIpc) is 3.49. The standard InChI is InChI=1S/C26H28F2N8O/c1-4-16-10-29-26(30-11-16)35-8-7-17(12-35)13-36-14-20(28)22-23(31-15-32-24(22)36)33-21-6-5-18(9-19(21)27)25(37)34(2)3/h5-6,9-11,14-15,17H,4,7-8,12-13H2,1-3H3,(H,31,32,33)/t17-/m0/s1. The molecule has 4 heterocycles. The van der Waals surface area contributed by atoms with Gasteiger partial charge in [-0.3, -0.25) is 4.79 Å². The van der Waals surface area contributed by atoms with Crippen LogP contribution in [0.4, 0.5) is 26.2 Å². The average molecular weight is 507 g/mol. The van der Waals surface area contributed by atoms with Crippen molar-refractivity contribution >= 4 is 34.4 Å². The fourth-order valence-electron chi connectivity index (χ4n) is 4.58. The summed E-state index contributed by atoms with van der Waals surface area (Å²) in [5.41, 5.74) is 1.83. The molecule has 11 heteroatoms. The number of carbonyl (C=O) groups excluding carboxylic acids is 1. The minimum absolute atomic E-state index is 0.0861. The molecule has 0 bridgehead atoms. The number of aryl methyl sites for hydroxylation is 1. The molecule has 4 aromatic rings. The minimum Gasteiger partial charge on any atom is -0.345 e. The summed E-state index contributed by atoms with van der Waals surface area (Å²) in [5.74, 6) is -0.324. The molecule has 5 rings (SSSR count). The van der Waals surface area contributed by atoms with Gasteiger partial charge in [-0.15, -0.1) is 0 Å². The van der Waals surface area contributed by atoms with E-state index < -0.39 is 11.6 Å². The van der Waals surface area contributed by atoms with Gasteiger partial charge >= 0.3 is 0 Å². The summed E-state index contributed by atoms with van der Waals surface area (Å²) in [7, 11) is 3.19. The molecule has 9 nitrogen and oxygen atoms in total. The second-order valence-corrected chi connectivity index (χ2v) is 9.42. The van der Waals surface area contributed by atoms with Crippen molar-refractivity contribution in [3.63, 3.8) is 0 Å². The van der Waals surface area contributed by atoms with Gasteiger partial charge in [0.05, 0.1) is 11.1 Å². The summed E-state index contributed by atoms with van der Waals surface area (Å²) < 4.78 is 31.6. The summed E-state index contributed by atoms with van der Waals surface area (Å²) in [6, 6.07) is 4.10. The van der Waals surface area contributed by atoms with E-state index in [0.717, 1.165) is 37.6 Å². The molecule has 1 saturated heterocycles. The normalized spacial score (nSPS) is 15.4. The van der Waals surface area contributed by atoms with Crippen molar-refractivity contribution < 1.29 is 13.6 Å². The number of halogens is 2. The van der Waals surface area contributed by atoms with Gasteiger partial charge in [0, 0.05) is 57.9 Å². The molecule has 0 radical (unpaired) electrons. The number of nitrogens with zero attached hydrogens (tertiary/aromatic N) is 7. The molecule has 3 aromatic heterocycles. The Labute approximate surface area is 213 Å². The maximum atomic E-state index is 15.1. The third kappa shape index (κ3) is 4.93. The monoisotopic (exact) mass is 506 g/mol. The molecule has 1 aliphatic rings. The van der Waals surface area contributed by atoms with E-state index in [-0.39, 0.29) is 34.3 Å². The molecule has 0 unspecified atom stereocenters. The minimum atomic E-state index is -0.639. The van der Waals surface area contributed by atoms with Crippen molar-refractivity contribution in [2.24, 2.45) is 5.92 Å². The zero-order valence-electron chi connectivity index (χ0n) is 20.9. The maximum absolute atomic E-state index is 15.1. The van der Waals surface area contributed by atoms with Crippen LogP contribution in [-0.2, 0) is 13.0 Å². The molecular formula is C26H28F2N8O. The van der Waals surface area contributed by atoms with E-state index >= 15 is 4.39 Å². The van der Waals surface area contributed by atoms with Gasteiger partial charge in [0.15, 0.2) is 5.82 Å². The predicted octanol–water partition coefficient (Wildman–Crippen LogP) is 4.03. The Hall–Kier alpha value is -4.15. The van der Waals surface area contributed by atoms with Crippen molar-refractivity contribution in [1.82, 2.24) is 29.4 Å². The highest BCUT2D eigenvalue weighted by Gasteiger charge is 2.26. The highest BCUT2D eigenvalue weighted by molar-refractivity contribution is 5.95. The van der Waals surface area contributed by atoms with Gasteiger partial charge in [0.25, 0.3) is 5.91 Å². The number of nitrogens with one attached hydrogen (secondary N) is 1. The van der Waals surface area contributed by atoms with E-state index in [0.29, 0.717) is 18.1 Å². The number of anilines is 3. The van der Waals surface area contributed by atoms with Crippen LogP contribution in [0, 0.1) is 17.6 Å². The number of amides is 1. The first-order valence-corrected chi connectivity index (χ1v) is 12.2. The smallest absolute Gasteiger partial charge is 0.253 e. The predicted molar refractivity (Wildman–Crippen MR) is 137 cm³/mol. The molecule has 37 heavy (non-hydrogen) atoms. The van der Waals surface area contributed by atoms with Crippen LogP contribution in [-0.4, -0.2) is 62.5 Å². The van der Waals surface area contributed by atoms with Crippen LogP contribution in [0.2, 0.25) is 0 Å². The Morgan fingerprint density at radius 3 is 2.62 bits per heavy atom. The van der Waals surface area contributed by atoms with Crippen LogP contribution in [0.5, 0.6) is 0 Å². The zero-order chi connectivity index (χ0) is 26.1.